The zero-order chi connectivity index (χ0) is 14.1. The van der Waals surface area contributed by atoms with Crippen LogP contribution in [0.25, 0.3) is 0 Å². The molecule has 0 bridgehead atoms. The molecule has 0 aromatic heterocycles. The summed E-state index contributed by atoms with van der Waals surface area (Å²) in [4.78, 5) is 24.0. The van der Waals surface area contributed by atoms with Crippen molar-refractivity contribution in [3.8, 4) is 0 Å². The lowest BCUT2D eigenvalue weighted by molar-refractivity contribution is -0.175. The van der Waals surface area contributed by atoms with Gasteiger partial charge >= 0.3 is 0 Å². The van der Waals surface area contributed by atoms with Gasteiger partial charge in [0.2, 0.25) is 0 Å². The molecular weight excluding hydrogens is 232 g/mol. The van der Waals surface area contributed by atoms with E-state index in [0.717, 1.165) is 0 Å². The Balaban J connectivity index is 2.57. The van der Waals surface area contributed by atoms with Crippen LogP contribution in [0.1, 0.15) is 41.5 Å². The minimum atomic E-state index is -0.547. The van der Waals surface area contributed by atoms with Crippen LogP contribution in [-0.2, 0) is 19.1 Å². The first-order chi connectivity index (χ1) is 8.03. The number of Topliss-reactive ketones (excluding diaryl/α,β-unsaturated/α-hetero) is 2. The highest BCUT2D eigenvalue weighted by Gasteiger charge is 2.38. The molecule has 2 atom stereocenters. The van der Waals surface area contributed by atoms with Gasteiger partial charge in [0.25, 0.3) is 0 Å². The topological polar surface area (TPSA) is 52.6 Å². The van der Waals surface area contributed by atoms with E-state index in [1.807, 2.05) is 41.5 Å². The predicted octanol–water partition coefficient (Wildman–Crippen LogP) is 2.00. The summed E-state index contributed by atoms with van der Waals surface area (Å²) in [5.41, 5.74) is -0.899. The van der Waals surface area contributed by atoms with Crippen LogP contribution in [0.5, 0.6) is 0 Å². The molecule has 0 unspecified atom stereocenters. The minimum absolute atomic E-state index is 0.0177. The summed E-state index contributed by atoms with van der Waals surface area (Å²) in [6.07, 6.45) is -1.09. The van der Waals surface area contributed by atoms with Crippen molar-refractivity contribution in [2.75, 3.05) is 13.2 Å². The van der Waals surface area contributed by atoms with Crippen LogP contribution in [0.15, 0.2) is 0 Å². The molecule has 4 heteroatoms. The van der Waals surface area contributed by atoms with Crippen molar-refractivity contribution in [2.45, 2.75) is 53.8 Å². The highest BCUT2D eigenvalue weighted by atomic mass is 16.6. The number of carbonyl (C=O) groups is 2. The first-order valence-corrected chi connectivity index (χ1v) is 6.35. The predicted molar refractivity (Wildman–Crippen MR) is 68.4 cm³/mol. The highest BCUT2D eigenvalue weighted by Crippen LogP contribution is 2.24. The Morgan fingerprint density at radius 1 is 0.778 bits per heavy atom. The second-order valence-electron chi connectivity index (χ2n) is 6.87. The lowest BCUT2D eigenvalue weighted by Gasteiger charge is -2.33. The van der Waals surface area contributed by atoms with Crippen LogP contribution in [0.2, 0.25) is 0 Å². The summed E-state index contributed by atoms with van der Waals surface area (Å²) in [6.45, 7) is 11.5. The van der Waals surface area contributed by atoms with Gasteiger partial charge in [-0.3, -0.25) is 9.59 Å². The van der Waals surface area contributed by atoms with E-state index >= 15 is 0 Å². The van der Waals surface area contributed by atoms with Gasteiger partial charge in [-0.25, -0.2) is 0 Å². The molecule has 1 rings (SSSR count). The Kier molecular flexibility index (Phi) is 4.34. The quantitative estimate of drug-likeness (QED) is 0.758. The van der Waals surface area contributed by atoms with E-state index in [1.54, 1.807) is 0 Å². The van der Waals surface area contributed by atoms with Gasteiger partial charge in [0, 0.05) is 10.8 Å². The molecule has 0 spiro atoms. The Hall–Kier alpha value is -0.740. The molecule has 104 valence electrons. The van der Waals surface area contributed by atoms with Gasteiger partial charge in [-0.15, -0.1) is 0 Å². The van der Waals surface area contributed by atoms with E-state index in [4.69, 9.17) is 9.47 Å². The third-order valence-electron chi connectivity index (χ3n) is 2.96. The molecule has 0 aromatic rings. The zero-order valence-electron chi connectivity index (χ0n) is 12.2. The maximum atomic E-state index is 12.0. The minimum Gasteiger partial charge on any atom is -0.365 e. The number of rotatable bonds is 2. The van der Waals surface area contributed by atoms with Crippen molar-refractivity contribution in [3.05, 3.63) is 0 Å². The van der Waals surface area contributed by atoms with Gasteiger partial charge in [-0.1, -0.05) is 41.5 Å². The Bertz CT molecular complexity index is 291. The molecule has 0 amide bonds. The summed E-state index contributed by atoms with van der Waals surface area (Å²) in [6, 6.07) is 0. The summed E-state index contributed by atoms with van der Waals surface area (Å²) >= 11 is 0. The van der Waals surface area contributed by atoms with Gasteiger partial charge in [0.1, 0.15) is 12.2 Å². The van der Waals surface area contributed by atoms with E-state index in [0.29, 0.717) is 0 Å². The summed E-state index contributed by atoms with van der Waals surface area (Å²) < 4.78 is 11.0. The van der Waals surface area contributed by atoms with Crippen LogP contribution in [0.4, 0.5) is 0 Å². The number of hydrogen-bond donors (Lipinski definition) is 0. The SMILES string of the molecule is CC(C)(C)C(=O)[C@@H]1CO[C@@H](C(=O)C(C)(C)C)CO1. The Morgan fingerprint density at radius 3 is 1.22 bits per heavy atom. The first kappa shape index (κ1) is 15.3. The van der Waals surface area contributed by atoms with Crippen LogP contribution in [0, 0.1) is 10.8 Å². The van der Waals surface area contributed by atoms with Crippen molar-refractivity contribution < 1.29 is 19.1 Å². The molecule has 1 heterocycles. The summed E-state index contributed by atoms with van der Waals surface area (Å²) in [5, 5.41) is 0. The van der Waals surface area contributed by atoms with Gasteiger partial charge < -0.3 is 9.47 Å². The maximum Gasteiger partial charge on any atom is 0.169 e. The van der Waals surface area contributed by atoms with Crippen molar-refractivity contribution in [1.82, 2.24) is 0 Å². The fraction of sp³-hybridized carbons (Fsp3) is 0.857. The van der Waals surface area contributed by atoms with E-state index in [1.165, 1.54) is 0 Å². The molecule has 0 N–H and O–H groups in total. The third-order valence-corrected chi connectivity index (χ3v) is 2.96. The average Bonchev–Trinajstić information content (AvgIpc) is 2.25. The molecule has 1 aliphatic heterocycles. The van der Waals surface area contributed by atoms with Gasteiger partial charge in [0.05, 0.1) is 13.2 Å². The van der Waals surface area contributed by atoms with Crippen molar-refractivity contribution in [2.24, 2.45) is 10.8 Å². The molecule has 1 saturated heterocycles. The van der Waals surface area contributed by atoms with Gasteiger partial charge in [0.15, 0.2) is 11.6 Å². The monoisotopic (exact) mass is 256 g/mol. The number of ether oxygens (including phenoxy) is 2. The van der Waals surface area contributed by atoms with Gasteiger partial charge in [-0.2, -0.15) is 0 Å². The molecule has 0 saturated carbocycles. The standard InChI is InChI=1S/C14H24O4/c1-13(2,3)11(15)9-7-18-10(8-17-9)12(16)14(4,5)6/h9-10H,7-8H2,1-6H3/t9-,10+. The largest absolute Gasteiger partial charge is 0.365 e. The third kappa shape index (κ3) is 3.62. The normalized spacial score (nSPS) is 25.9. The van der Waals surface area contributed by atoms with Crippen LogP contribution < -0.4 is 0 Å². The summed E-state index contributed by atoms with van der Waals surface area (Å²) in [5.74, 6) is 0.0355. The van der Waals surface area contributed by atoms with E-state index in [9.17, 15) is 9.59 Å². The van der Waals surface area contributed by atoms with Crippen molar-refractivity contribution in [1.29, 1.82) is 0 Å². The molecular formula is C14H24O4. The smallest absolute Gasteiger partial charge is 0.169 e. The van der Waals surface area contributed by atoms with Crippen LogP contribution >= 0.6 is 0 Å². The second-order valence-corrected chi connectivity index (χ2v) is 6.87. The average molecular weight is 256 g/mol. The first-order valence-electron chi connectivity index (χ1n) is 6.35. The molecule has 1 aliphatic rings. The lowest BCUT2D eigenvalue weighted by Crippen LogP contribution is -2.49. The fourth-order valence-corrected chi connectivity index (χ4v) is 1.77. The molecule has 4 nitrogen and oxygen atoms in total. The van der Waals surface area contributed by atoms with Gasteiger partial charge in [-0.05, 0) is 0 Å². The Morgan fingerprint density at radius 2 is 1.06 bits per heavy atom. The van der Waals surface area contributed by atoms with Crippen LogP contribution in [0.3, 0.4) is 0 Å². The molecule has 18 heavy (non-hydrogen) atoms. The van der Waals surface area contributed by atoms with E-state index in [-0.39, 0.29) is 24.8 Å². The van der Waals surface area contributed by atoms with Crippen molar-refractivity contribution >= 4 is 11.6 Å². The molecule has 0 aromatic carbocycles. The number of carbonyl (C=O) groups excluding carboxylic acids is 2. The molecule has 0 radical (unpaired) electrons. The number of ketones is 2. The van der Waals surface area contributed by atoms with Crippen molar-refractivity contribution in [3.63, 3.8) is 0 Å². The molecule has 1 fully saturated rings. The maximum absolute atomic E-state index is 12.0. The van der Waals surface area contributed by atoms with E-state index in [2.05, 4.69) is 0 Å². The lowest BCUT2D eigenvalue weighted by atomic mass is 9.86. The zero-order valence-corrected chi connectivity index (χ0v) is 12.2. The second kappa shape index (κ2) is 5.10. The Labute approximate surface area is 109 Å². The van der Waals surface area contributed by atoms with E-state index < -0.39 is 23.0 Å². The number of hydrogen-bond acceptors (Lipinski definition) is 4. The highest BCUT2D eigenvalue weighted by molar-refractivity contribution is 5.90. The van der Waals surface area contributed by atoms with Crippen LogP contribution in [-0.4, -0.2) is 37.0 Å². The fourth-order valence-electron chi connectivity index (χ4n) is 1.77. The molecule has 0 aliphatic carbocycles. The summed E-state index contributed by atoms with van der Waals surface area (Å²) in [7, 11) is 0.